The maximum absolute atomic E-state index is 12.0. The molecule has 1 saturated carbocycles. The van der Waals surface area contributed by atoms with E-state index in [0.717, 1.165) is 25.0 Å². The molecule has 2 rings (SSSR count). The number of hydrogen-bond acceptors (Lipinski definition) is 3. The van der Waals surface area contributed by atoms with Crippen molar-refractivity contribution in [1.29, 1.82) is 0 Å². The van der Waals surface area contributed by atoms with Crippen molar-refractivity contribution in [2.75, 3.05) is 6.61 Å². The van der Waals surface area contributed by atoms with E-state index in [1.807, 2.05) is 0 Å². The van der Waals surface area contributed by atoms with Crippen LogP contribution in [0.2, 0.25) is 0 Å². The number of hydrogen-bond donors (Lipinski definition) is 0. The molecule has 0 amide bonds. The average molecular weight is 260 g/mol. The van der Waals surface area contributed by atoms with Crippen LogP contribution in [0.4, 0.5) is 13.2 Å². The lowest BCUT2D eigenvalue weighted by molar-refractivity contribution is -0.274. The Balaban J connectivity index is 2.08. The van der Waals surface area contributed by atoms with Gasteiger partial charge in [0, 0.05) is 0 Å². The third-order valence-electron chi connectivity index (χ3n) is 2.51. The van der Waals surface area contributed by atoms with Gasteiger partial charge in [-0.25, -0.2) is 0 Å². The molecule has 3 nitrogen and oxygen atoms in total. The van der Waals surface area contributed by atoms with Crippen molar-refractivity contribution >= 4 is 6.29 Å². The lowest BCUT2D eigenvalue weighted by Crippen LogP contribution is -2.17. The van der Waals surface area contributed by atoms with E-state index in [9.17, 15) is 18.0 Å². The Morgan fingerprint density at radius 3 is 2.61 bits per heavy atom. The van der Waals surface area contributed by atoms with E-state index in [1.165, 1.54) is 6.07 Å². The van der Waals surface area contributed by atoms with E-state index in [4.69, 9.17) is 4.74 Å². The lowest BCUT2D eigenvalue weighted by Gasteiger charge is -2.12. The summed E-state index contributed by atoms with van der Waals surface area (Å²) in [5.74, 6) is 0.352. The van der Waals surface area contributed by atoms with E-state index in [0.29, 0.717) is 18.8 Å². The third-order valence-corrected chi connectivity index (χ3v) is 2.51. The number of alkyl halides is 3. The average Bonchev–Trinajstić information content (AvgIpc) is 3.09. The minimum absolute atomic E-state index is 0.0531. The van der Waals surface area contributed by atoms with Crippen LogP contribution in [0.5, 0.6) is 11.5 Å². The van der Waals surface area contributed by atoms with Gasteiger partial charge in [-0.15, -0.1) is 13.2 Å². The monoisotopic (exact) mass is 260 g/mol. The van der Waals surface area contributed by atoms with Crippen LogP contribution in [0.3, 0.4) is 0 Å². The van der Waals surface area contributed by atoms with E-state index in [-0.39, 0.29) is 11.3 Å². The van der Waals surface area contributed by atoms with Crippen LogP contribution in [0.1, 0.15) is 23.2 Å². The van der Waals surface area contributed by atoms with E-state index >= 15 is 0 Å². The van der Waals surface area contributed by atoms with Crippen molar-refractivity contribution in [3.05, 3.63) is 23.8 Å². The normalized spacial score (nSPS) is 15.3. The number of ether oxygens (including phenoxy) is 2. The first-order valence-electron chi connectivity index (χ1n) is 5.46. The molecule has 1 fully saturated rings. The Bertz CT molecular complexity index is 439. The molecule has 0 aliphatic heterocycles. The number of aldehydes is 1. The molecule has 1 aliphatic carbocycles. The van der Waals surface area contributed by atoms with Gasteiger partial charge in [-0.2, -0.15) is 0 Å². The smallest absolute Gasteiger partial charge is 0.493 e. The summed E-state index contributed by atoms with van der Waals surface area (Å²) in [4.78, 5) is 10.8. The number of benzene rings is 1. The predicted octanol–water partition coefficient (Wildman–Crippen LogP) is 3.19. The van der Waals surface area contributed by atoms with E-state index in [2.05, 4.69) is 4.74 Å². The van der Waals surface area contributed by atoms with Crippen molar-refractivity contribution in [3.63, 3.8) is 0 Å². The Kier molecular flexibility index (Phi) is 3.45. The van der Waals surface area contributed by atoms with Gasteiger partial charge in [0.15, 0.2) is 6.29 Å². The highest BCUT2D eigenvalue weighted by molar-refractivity contribution is 5.80. The molecule has 0 N–H and O–H groups in total. The fourth-order valence-corrected chi connectivity index (χ4v) is 1.44. The first-order valence-corrected chi connectivity index (χ1v) is 5.46. The van der Waals surface area contributed by atoms with Crippen LogP contribution in [0.15, 0.2) is 18.2 Å². The maximum Gasteiger partial charge on any atom is 0.573 e. The van der Waals surface area contributed by atoms with Gasteiger partial charge in [-0.3, -0.25) is 4.79 Å². The molecule has 0 unspecified atom stereocenters. The number of rotatable bonds is 5. The summed E-state index contributed by atoms with van der Waals surface area (Å²) in [6, 6.07) is 3.46. The first-order chi connectivity index (χ1) is 8.48. The predicted molar refractivity (Wildman–Crippen MR) is 56.7 cm³/mol. The molecule has 0 bridgehead atoms. The molecule has 0 atom stereocenters. The third kappa shape index (κ3) is 3.65. The van der Waals surface area contributed by atoms with Crippen molar-refractivity contribution in [1.82, 2.24) is 0 Å². The molecule has 98 valence electrons. The van der Waals surface area contributed by atoms with Gasteiger partial charge in [0.1, 0.15) is 11.5 Å². The van der Waals surface area contributed by atoms with Crippen molar-refractivity contribution < 1.29 is 27.4 Å². The number of carbonyl (C=O) groups excluding carboxylic acids is 1. The summed E-state index contributed by atoms with van der Waals surface area (Å²) in [6.45, 7) is 0.486. The summed E-state index contributed by atoms with van der Waals surface area (Å²) in [7, 11) is 0. The van der Waals surface area contributed by atoms with Gasteiger partial charge in [-0.1, -0.05) is 0 Å². The standard InChI is InChI=1S/C12H11F3O3/c13-12(14,15)18-10-3-4-11(9(5-10)6-16)17-7-8-1-2-8/h3-6,8H,1-2,7H2. The van der Waals surface area contributed by atoms with Crippen LogP contribution in [0, 0.1) is 5.92 Å². The SMILES string of the molecule is O=Cc1cc(OC(F)(F)F)ccc1OCC1CC1. The van der Waals surface area contributed by atoms with Crippen LogP contribution >= 0.6 is 0 Å². The van der Waals surface area contributed by atoms with Gasteiger partial charge in [0.05, 0.1) is 12.2 Å². The van der Waals surface area contributed by atoms with E-state index < -0.39 is 12.1 Å². The minimum atomic E-state index is -4.77. The Morgan fingerprint density at radius 2 is 2.06 bits per heavy atom. The van der Waals surface area contributed by atoms with Gasteiger partial charge < -0.3 is 9.47 Å². The molecule has 0 radical (unpaired) electrons. The zero-order valence-corrected chi connectivity index (χ0v) is 9.37. The molecule has 6 heteroatoms. The van der Waals surface area contributed by atoms with Crippen molar-refractivity contribution in [2.24, 2.45) is 5.92 Å². The van der Waals surface area contributed by atoms with Crippen LogP contribution in [0.25, 0.3) is 0 Å². The van der Waals surface area contributed by atoms with Crippen LogP contribution in [-0.4, -0.2) is 19.3 Å². The highest BCUT2D eigenvalue weighted by Crippen LogP contribution is 2.32. The molecule has 0 spiro atoms. The second-order valence-electron chi connectivity index (χ2n) is 4.12. The summed E-state index contributed by atoms with van der Waals surface area (Å²) in [5.41, 5.74) is 0.0531. The number of carbonyl (C=O) groups is 1. The van der Waals surface area contributed by atoms with E-state index in [1.54, 1.807) is 0 Å². The molecular formula is C12H11F3O3. The maximum atomic E-state index is 12.0. The zero-order valence-electron chi connectivity index (χ0n) is 9.37. The topological polar surface area (TPSA) is 35.5 Å². The summed E-state index contributed by atoms with van der Waals surface area (Å²) in [6.07, 6.45) is -2.14. The highest BCUT2D eigenvalue weighted by atomic mass is 19.4. The largest absolute Gasteiger partial charge is 0.573 e. The van der Waals surface area contributed by atoms with Gasteiger partial charge in [0.25, 0.3) is 0 Å². The summed E-state index contributed by atoms with van der Waals surface area (Å²) >= 11 is 0. The Hall–Kier alpha value is -1.72. The van der Waals surface area contributed by atoms with Crippen molar-refractivity contribution in [2.45, 2.75) is 19.2 Å². The lowest BCUT2D eigenvalue weighted by atomic mass is 10.2. The summed E-state index contributed by atoms with van der Waals surface area (Å²) in [5, 5.41) is 0. The van der Waals surface area contributed by atoms with Crippen LogP contribution in [-0.2, 0) is 0 Å². The van der Waals surface area contributed by atoms with Gasteiger partial charge in [-0.05, 0) is 37.0 Å². The molecule has 18 heavy (non-hydrogen) atoms. The second kappa shape index (κ2) is 4.88. The van der Waals surface area contributed by atoms with Gasteiger partial charge >= 0.3 is 6.36 Å². The fourth-order valence-electron chi connectivity index (χ4n) is 1.44. The fraction of sp³-hybridized carbons (Fsp3) is 0.417. The second-order valence-corrected chi connectivity index (χ2v) is 4.12. The molecule has 0 heterocycles. The Labute approximate surface area is 102 Å². The first kappa shape index (κ1) is 12.7. The molecule has 1 aromatic carbocycles. The van der Waals surface area contributed by atoms with Crippen molar-refractivity contribution in [3.8, 4) is 11.5 Å². The van der Waals surface area contributed by atoms with Crippen LogP contribution < -0.4 is 9.47 Å². The molecular weight excluding hydrogens is 249 g/mol. The molecule has 1 aliphatic rings. The number of halogens is 3. The molecule has 0 aromatic heterocycles. The van der Waals surface area contributed by atoms with Gasteiger partial charge in [0.2, 0.25) is 0 Å². The highest BCUT2D eigenvalue weighted by Gasteiger charge is 2.31. The Morgan fingerprint density at radius 1 is 1.33 bits per heavy atom. The molecule has 0 saturated heterocycles. The molecule has 1 aromatic rings. The minimum Gasteiger partial charge on any atom is -0.493 e. The summed E-state index contributed by atoms with van der Waals surface area (Å²) < 4.78 is 45.1. The zero-order chi connectivity index (χ0) is 13.2. The quantitative estimate of drug-likeness (QED) is 0.763.